The van der Waals surface area contributed by atoms with Gasteiger partial charge in [0.2, 0.25) is 0 Å². The summed E-state index contributed by atoms with van der Waals surface area (Å²) in [5.41, 5.74) is -0.537. The molecule has 0 spiro atoms. The van der Waals surface area contributed by atoms with E-state index < -0.39 is 70.7 Å². The largest absolute Gasteiger partial charge is 0.496 e. The topological polar surface area (TPSA) is 254 Å². The average molecular weight is 917 g/mol. The first-order chi connectivity index (χ1) is 29.5. The lowest BCUT2D eigenvalue weighted by Gasteiger charge is -2.37. The molecule has 0 aliphatic carbocycles. The van der Waals surface area contributed by atoms with Gasteiger partial charge in [0, 0.05) is 47.5 Å². The summed E-state index contributed by atoms with van der Waals surface area (Å²) in [6.07, 6.45) is -1.16. The predicted octanol–water partition coefficient (Wildman–Crippen LogP) is 2.95. The monoisotopic (exact) mass is 916 g/mol. The molecule has 2 saturated heterocycles. The molecule has 6 atom stereocenters. The fourth-order valence-corrected chi connectivity index (χ4v) is 8.42. The Bertz CT molecular complexity index is 2440. The molecule has 4 heterocycles. The van der Waals surface area contributed by atoms with Crippen molar-refractivity contribution >= 4 is 30.3 Å². The molecule has 6 N–H and O–H groups in total. The van der Waals surface area contributed by atoms with Crippen molar-refractivity contribution in [2.75, 3.05) is 27.4 Å². The van der Waals surface area contributed by atoms with Crippen molar-refractivity contribution in [2.24, 2.45) is 0 Å². The maximum atomic E-state index is 12.8. The number of hydrogen-bond acceptors (Lipinski definition) is 14. The van der Waals surface area contributed by atoms with E-state index in [9.17, 15) is 34.0 Å². The second-order valence-electron chi connectivity index (χ2n) is 14.2. The highest BCUT2D eigenvalue weighted by Crippen LogP contribution is 2.64. The van der Waals surface area contributed by atoms with E-state index in [-0.39, 0.29) is 26.1 Å². The highest BCUT2D eigenvalue weighted by molar-refractivity contribution is 8.79. The number of rotatable bonds is 11. The number of aliphatic hydroxyl groups excluding tert-OH is 4. The number of para-hydroxylation sites is 2. The smallest absolute Gasteiger partial charge is 0.330 e. The first-order valence-corrected chi connectivity index (χ1v) is 23.0. The first-order valence-electron chi connectivity index (χ1n) is 19.1. The summed E-state index contributed by atoms with van der Waals surface area (Å²) in [6, 6.07) is 24.3. The SMILES string of the molecule is COc1ccccc1C(OP(=O)(S)S)(c1ccccc1)c1ccccc1OC.Cc1cn([C@H]2C[C@H](O)[C@@H](CO)O2)c(=O)[nH]c1=O.Cc1cn([C@H]2C[C@H](O)[C@@H](CO)O2)c(=O)[nH]c1=O. The van der Waals surface area contributed by atoms with Gasteiger partial charge in [0.1, 0.15) is 36.2 Å². The molecular formula is C41H49N4O14PS2. The Hall–Kier alpha value is -4.73. The van der Waals surface area contributed by atoms with Crippen LogP contribution in [0.4, 0.5) is 0 Å². The van der Waals surface area contributed by atoms with E-state index in [1.165, 1.54) is 21.5 Å². The maximum Gasteiger partial charge on any atom is 0.330 e. The van der Waals surface area contributed by atoms with E-state index >= 15 is 0 Å². The number of aromatic amines is 2. The summed E-state index contributed by atoms with van der Waals surface area (Å²) in [5, 5.41) is 37.0. The van der Waals surface area contributed by atoms with Crippen LogP contribution in [-0.4, -0.2) is 91.4 Å². The molecule has 0 bridgehead atoms. The summed E-state index contributed by atoms with van der Waals surface area (Å²) >= 11 is 8.28. The summed E-state index contributed by atoms with van der Waals surface area (Å²) in [7, 11) is 3.16. The molecule has 0 saturated carbocycles. The van der Waals surface area contributed by atoms with Crippen molar-refractivity contribution in [2.45, 2.75) is 69.2 Å². The summed E-state index contributed by atoms with van der Waals surface area (Å²) in [5.74, 6) is -2.41. The summed E-state index contributed by atoms with van der Waals surface area (Å²) in [4.78, 5) is 49.8. The van der Waals surface area contributed by atoms with E-state index in [0.717, 1.165) is 5.56 Å². The Labute approximate surface area is 365 Å². The molecule has 2 fully saturated rings. The average Bonchev–Trinajstić information content (AvgIpc) is 3.83. The molecule has 0 amide bonds. The lowest BCUT2D eigenvalue weighted by Crippen LogP contribution is -2.33. The molecule has 2 aromatic heterocycles. The fraction of sp³-hybridized carbons (Fsp3) is 0.366. The van der Waals surface area contributed by atoms with E-state index in [4.69, 9.17) is 33.7 Å². The number of methoxy groups -OCH3 is 2. The predicted molar refractivity (Wildman–Crippen MR) is 234 cm³/mol. The zero-order valence-corrected chi connectivity index (χ0v) is 36.7. The van der Waals surface area contributed by atoms with Gasteiger partial charge in [0.25, 0.3) is 11.1 Å². The van der Waals surface area contributed by atoms with Crippen molar-refractivity contribution in [1.82, 2.24) is 19.1 Å². The van der Waals surface area contributed by atoms with Crippen LogP contribution in [0.25, 0.3) is 0 Å². The van der Waals surface area contributed by atoms with Crippen molar-refractivity contribution in [3.63, 3.8) is 0 Å². The first kappa shape index (κ1) is 48.3. The lowest BCUT2D eigenvalue weighted by molar-refractivity contribution is -0.0459. The van der Waals surface area contributed by atoms with E-state index in [0.29, 0.717) is 33.8 Å². The Morgan fingerprint density at radius 1 is 0.694 bits per heavy atom. The molecular weight excluding hydrogens is 868 g/mol. The number of nitrogens with zero attached hydrogens (tertiary/aromatic N) is 2. The number of H-pyrrole nitrogens is 2. The van der Waals surface area contributed by atoms with Gasteiger partial charge in [-0.15, -0.1) is 0 Å². The number of aromatic nitrogens is 4. The molecule has 0 radical (unpaired) electrons. The van der Waals surface area contributed by atoms with Crippen molar-refractivity contribution < 1.29 is 48.5 Å². The highest BCUT2D eigenvalue weighted by atomic mass is 33.1. The third-order valence-electron chi connectivity index (χ3n) is 10.1. The summed E-state index contributed by atoms with van der Waals surface area (Å²) in [6.45, 7) is 2.52. The molecule has 18 nitrogen and oxygen atoms in total. The molecule has 2 aliphatic heterocycles. The third kappa shape index (κ3) is 11.1. The van der Waals surface area contributed by atoms with Gasteiger partial charge in [0.15, 0.2) is 5.60 Å². The second-order valence-corrected chi connectivity index (χ2v) is 19.5. The number of benzene rings is 3. The third-order valence-corrected chi connectivity index (χ3v) is 11.1. The van der Waals surface area contributed by atoms with Crippen molar-refractivity contribution in [1.29, 1.82) is 0 Å². The van der Waals surface area contributed by atoms with Crippen molar-refractivity contribution in [3.05, 3.63) is 161 Å². The van der Waals surface area contributed by atoms with Gasteiger partial charge in [-0.3, -0.25) is 37.8 Å². The minimum absolute atomic E-state index is 0.205. The molecule has 5 aromatic rings. The van der Waals surface area contributed by atoms with Crippen molar-refractivity contribution in [3.8, 4) is 11.5 Å². The van der Waals surface area contributed by atoms with Gasteiger partial charge in [-0.2, -0.15) is 0 Å². The molecule has 0 unspecified atom stereocenters. The fourth-order valence-electron chi connectivity index (χ4n) is 7.03. The Morgan fingerprint density at radius 3 is 1.44 bits per heavy atom. The number of aliphatic hydroxyl groups is 4. The van der Waals surface area contributed by atoms with Crippen LogP contribution in [0.1, 0.15) is 53.1 Å². The van der Waals surface area contributed by atoms with Gasteiger partial charge >= 0.3 is 17.2 Å². The number of hydrogen-bond donors (Lipinski definition) is 8. The van der Waals surface area contributed by atoms with Gasteiger partial charge in [-0.25, -0.2) is 9.59 Å². The molecule has 2 aliphatic rings. The van der Waals surface area contributed by atoms with Crippen LogP contribution in [0.5, 0.6) is 11.5 Å². The van der Waals surface area contributed by atoms with E-state index in [2.05, 4.69) is 34.5 Å². The minimum Gasteiger partial charge on any atom is -0.496 e. The molecule has 334 valence electrons. The van der Waals surface area contributed by atoms with Gasteiger partial charge in [-0.1, -0.05) is 91.2 Å². The normalized spacial score (nSPS) is 21.0. The number of thiol groups is 2. The van der Waals surface area contributed by atoms with Crippen LogP contribution in [0, 0.1) is 13.8 Å². The Kier molecular flexibility index (Phi) is 16.4. The lowest BCUT2D eigenvalue weighted by atomic mass is 9.79. The van der Waals surface area contributed by atoms with Crippen LogP contribution in [0.15, 0.2) is 110 Å². The maximum absolute atomic E-state index is 12.8. The Morgan fingerprint density at radius 2 is 1.08 bits per heavy atom. The minimum atomic E-state index is -3.57. The van der Waals surface area contributed by atoms with Gasteiger partial charge in [-0.05, 0) is 31.5 Å². The standard InChI is InChI=1S/C21H21O4PS2.2C10H14N2O5/c1-23-19-14-8-6-12-17(19)21(25-26(22,27)28,16-10-4-3-5-11-16)18-13-7-9-15-20(18)24-2;2*1-5-3-12(10(16)11-9(5)15)8-2-6(14)7(4-13)17-8/h3-15H,1-2H3,(H2,22,27,28);2*3,6-8,13-14H,2,4H2,1H3,(H,11,15,16)/t;2*6-,7+,8+/m.00/s1. The van der Waals surface area contributed by atoms with Crippen LogP contribution < -0.4 is 32.0 Å². The molecule has 3 aromatic carbocycles. The van der Waals surface area contributed by atoms with Crippen LogP contribution in [-0.2, 0) is 24.2 Å². The van der Waals surface area contributed by atoms with Crippen LogP contribution in [0.3, 0.4) is 0 Å². The van der Waals surface area contributed by atoms with Gasteiger partial charge in [0.05, 0.1) is 39.6 Å². The highest BCUT2D eigenvalue weighted by Gasteiger charge is 2.46. The van der Waals surface area contributed by atoms with E-state index in [1.54, 1.807) is 28.1 Å². The number of nitrogens with one attached hydrogen (secondary N) is 2. The zero-order valence-electron chi connectivity index (χ0n) is 34.1. The molecule has 7 rings (SSSR count). The Balaban J connectivity index is 0.000000185. The van der Waals surface area contributed by atoms with Crippen LogP contribution in [0.2, 0.25) is 0 Å². The summed E-state index contributed by atoms with van der Waals surface area (Å²) < 4.78 is 43.3. The molecule has 62 heavy (non-hydrogen) atoms. The van der Waals surface area contributed by atoms with Crippen LogP contribution >= 0.6 is 30.3 Å². The zero-order chi connectivity index (χ0) is 45.4. The second kappa shape index (κ2) is 21.1. The quantitative estimate of drug-likeness (QED) is 0.0539. The molecule has 21 heteroatoms. The van der Waals surface area contributed by atoms with Gasteiger partial charge < -0.3 is 39.4 Å². The number of aryl methyl sites for hydroxylation is 2. The number of ether oxygens (including phenoxy) is 4. The van der Waals surface area contributed by atoms with E-state index in [1.807, 2.05) is 78.9 Å².